The third-order valence-electron chi connectivity index (χ3n) is 1.53. The molecule has 0 rings (SSSR count). The Labute approximate surface area is 81.0 Å². The SMILES string of the molecule is CCOCC(C)OCC(C)CS. The standard InChI is InChI=1S/C9H20O2S/c1-4-10-6-9(3)11-5-8(2)7-12/h8-9,12H,4-7H2,1-3H3. The minimum Gasteiger partial charge on any atom is -0.379 e. The molecule has 0 heterocycles. The number of hydrogen-bond acceptors (Lipinski definition) is 3. The average Bonchev–Trinajstić information content (AvgIpc) is 2.10. The molecule has 0 radical (unpaired) electrons. The van der Waals surface area contributed by atoms with Crippen molar-refractivity contribution < 1.29 is 9.47 Å². The van der Waals surface area contributed by atoms with Crippen molar-refractivity contribution in [3.8, 4) is 0 Å². The fourth-order valence-corrected chi connectivity index (χ4v) is 0.819. The molecule has 0 aliphatic rings. The van der Waals surface area contributed by atoms with Gasteiger partial charge in [-0.3, -0.25) is 0 Å². The minimum absolute atomic E-state index is 0.201. The number of rotatable bonds is 7. The fraction of sp³-hybridized carbons (Fsp3) is 1.00. The maximum atomic E-state index is 5.52. The zero-order valence-electron chi connectivity index (χ0n) is 8.25. The van der Waals surface area contributed by atoms with Gasteiger partial charge in [-0.2, -0.15) is 12.6 Å². The Morgan fingerprint density at radius 2 is 1.92 bits per heavy atom. The van der Waals surface area contributed by atoms with E-state index >= 15 is 0 Å². The topological polar surface area (TPSA) is 18.5 Å². The molecule has 0 aliphatic heterocycles. The van der Waals surface area contributed by atoms with Gasteiger partial charge in [0.25, 0.3) is 0 Å². The second-order valence-corrected chi connectivity index (χ2v) is 3.46. The molecular formula is C9H20O2S. The van der Waals surface area contributed by atoms with Crippen LogP contribution >= 0.6 is 12.6 Å². The van der Waals surface area contributed by atoms with Crippen LogP contribution in [0.2, 0.25) is 0 Å². The van der Waals surface area contributed by atoms with E-state index in [0.717, 1.165) is 19.0 Å². The van der Waals surface area contributed by atoms with Crippen molar-refractivity contribution >= 4 is 12.6 Å². The molecule has 2 atom stereocenters. The molecule has 12 heavy (non-hydrogen) atoms. The van der Waals surface area contributed by atoms with Crippen molar-refractivity contribution in [1.29, 1.82) is 0 Å². The molecule has 74 valence electrons. The van der Waals surface area contributed by atoms with Crippen LogP contribution in [0.4, 0.5) is 0 Å². The molecule has 2 nitrogen and oxygen atoms in total. The van der Waals surface area contributed by atoms with Crippen LogP contribution in [-0.2, 0) is 9.47 Å². The molecule has 0 N–H and O–H groups in total. The second-order valence-electron chi connectivity index (χ2n) is 3.09. The molecule has 3 heteroatoms. The molecule has 0 aromatic carbocycles. The number of ether oxygens (including phenoxy) is 2. The van der Waals surface area contributed by atoms with Gasteiger partial charge < -0.3 is 9.47 Å². The van der Waals surface area contributed by atoms with E-state index in [-0.39, 0.29) is 6.10 Å². The van der Waals surface area contributed by atoms with Gasteiger partial charge in [0.2, 0.25) is 0 Å². The molecule has 0 amide bonds. The summed E-state index contributed by atoms with van der Waals surface area (Å²) < 4.78 is 10.7. The van der Waals surface area contributed by atoms with Crippen LogP contribution in [0.15, 0.2) is 0 Å². The molecule has 0 fully saturated rings. The highest BCUT2D eigenvalue weighted by Gasteiger charge is 2.04. The molecule has 0 saturated carbocycles. The Balaban J connectivity index is 3.24. The zero-order chi connectivity index (χ0) is 9.40. The quantitative estimate of drug-likeness (QED) is 0.622. The molecule has 0 aliphatic carbocycles. The highest BCUT2D eigenvalue weighted by molar-refractivity contribution is 7.80. The van der Waals surface area contributed by atoms with E-state index in [4.69, 9.17) is 9.47 Å². The van der Waals surface area contributed by atoms with Gasteiger partial charge in [0.1, 0.15) is 0 Å². The summed E-state index contributed by atoms with van der Waals surface area (Å²) in [5.41, 5.74) is 0. The monoisotopic (exact) mass is 192 g/mol. The lowest BCUT2D eigenvalue weighted by atomic mass is 10.2. The number of hydrogen-bond donors (Lipinski definition) is 1. The molecule has 0 spiro atoms. The van der Waals surface area contributed by atoms with E-state index in [1.165, 1.54) is 0 Å². The van der Waals surface area contributed by atoms with Crippen LogP contribution < -0.4 is 0 Å². The fourth-order valence-electron chi connectivity index (χ4n) is 0.713. The Kier molecular flexibility index (Phi) is 8.07. The summed E-state index contributed by atoms with van der Waals surface area (Å²) in [4.78, 5) is 0. The van der Waals surface area contributed by atoms with Gasteiger partial charge in [0.05, 0.1) is 19.3 Å². The van der Waals surface area contributed by atoms with Crippen molar-refractivity contribution in [3.05, 3.63) is 0 Å². The van der Waals surface area contributed by atoms with Crippen molar-refractivity contribution in [2.45, 2.75) is 26.9 Å². The third-order valence-corrected chi connectivity index (χ3v) is 2.16. The van der Waals surface area contributed by atoms with Crippen LogP contribution in [0.1, 0.15) is 20.8 Å². The van der Waals surface area contributed by atoms with E-state index in [2.05, 4.69) is 19.6 Å². The average molecular weight is 192 g/mol. The highest BCUT2D eigenvalue weighted by atomic mass is 32.1. The molecule has 0 saturated heterocycles. The first-order valence-corrected chi connectivity index (χ1v) is 5.14. The van der Waals surface area contributed by atoms with Gasteiger partial charge in [-0.25, -0.2) is 0 Å². The van der Waals surface area contributed by atoms with Crippen molar-refractivity contribution in [2.24, 2.45) is 5.92 Å². The van der Waals surface area contributed by atoms with E-state index in [1.807, 2.05) is 13.8 Å². The zero-order valence-corrected chi connectivity index (χ0v) is 9.14. The second kappa shape index (κ2) is 7.90. The van der Waals surface area contributed by atoms with E-state index in [1.54, 1.807) is 0 Å². The van der Waals surface area contributed by atoms with E-state index < -0.39 is 0 Å². The van der Waals surface area contributed by atoms with E-state index in [9.17, 15) is 0 Å². The lowest BCUT2D eigenvalue weighted by Crippen LogP contribution is -2.19. The maximum absolute atomic E-state index is 5.52. The van der Waals surface area contributed by atoms with Crippen LogP contribution in [0.3, 0.4) is 0 Å². The summed E-state index contributed by atoms with van der Waals surface area (Å²) in [6.07, 6.45) is 0.201. The summed E-state index contributed by atoms with van der Waals surface area (Å²) in [5.74, 6) is 1.40. The molecule has 2 unspecified atom stereocenters. The number of thiol groups is 1. The van der Waals surface area contributed by atoms with Crippen LogP contribution in [0.5, 0.6) is 0 Å². The Hall–Kier alpha value is 0.270. The Bertz CT molecular complexity index is 98.5. The van der Waals surface area contributed by atoms with Crippen LogP contribution in [0, 0.1) is 5.92 Å². The van der Waals surface area contributed by atoms with Gasteiger partial charge in [0, 0.05) is 6.61 Å². The lowest BCUT2D eigenvalue weighted by molar-refractivity contribution is -0.0125. The van der Waals surface area contributed by atoms with Crippen molar-refractivity contribution in [1.82, 2.24) is 0 Å². The largest absolute Gasteiger partial charge is 0.379 e. The summed E-state index contributed by atoms with van der Waals surface area (Å²) in [5, 5.41) is 0. The Morgan fingerprint density at radius 1 is 1.25 bits per heavy atom. The van der Waals surface area contributed by atoms with Gasteiger partial charge in [-0.15, -0.1) is 0 Å². The Morgan fingerprint density at radius 3 is 2.42 bits per heavy atom. The summed E-state index contributed by atoms with van der Waals surface area (Å²) in [7, 11) is 0. The lowest BCUT2D eigenvalue weighted by Gasteiger charge is -2.15. The van der Waals surface area contributed by atoms with Gasteiger partial charge in [-0.1, -0.05) is 6.92 Å². The minimum atomic E-state index is 0.201. The van der Waals surface area contributed by atoms with Gasteiger partial charge in [-0.05, 0) is 25.5 Å². The highest BCUT2D eigenvalue weighted by Crippen LogP contribution is 2.01. The van der Waals surface area contributed by atoms with Crippen LogP contribution in [0.25, 0.3) is 0 Å². The van der Waals surface area contributed by atoms with Crippen molar-refractivity contribution in [2.75, 3.05) is 25.6 Å². The predicted molar refractivity (Wildman–Crippen MR) is 54.9 cm³/mol. The first kappa shape index (κ1) is 12.3. The molecule has 0 aromatic heterocycles. The van der Waals surface area contributed by atoms with Crippen molar-refractivity contribution in [3.63, 3.8) is 0 Å². The normalized spacial score (nSPS) is 16.0. The third kappa shape index (κ3) is 6.95. The summed E-state index contributed by atoms with van der Waals surface area (Å²) in [6.45, 7) is 8.37. The smallest absolute Gasteiger partial charge is 0.0780 e. The summed E-state index contributed by atoms with van der Waals surface area (Å²) >= 11 is 4.18. The molecular weight excluding hydrogens is 172 g/mol. The van der Waals surface area contributed by atoms with Gasteiger partial charge >= 0.3 is 0 Å². The van der Waals surface area contributed by atoms with E-state index in [0.29, 0.717) is 12.5 Å². The summed E-state index contributed by atoms with van der Waals surface area (Å²) in [6, 6.07) is 0. The van der Waals surface area contributed by atoms with Crippen LogP contribution in [-0.4, -0.2) is 31.7 Å². The first-order valence-electron chi connectivity index (χ1n) is 4.50. The molecule has 0 aromatic rings. The maximum Gasteiger partial charge on any atom is 0.0780 e. The van der Waals surface area contributed by atoms with Gasteiger partial charge in [0.15, 0.2) is 0 Å². The predicted octanol–water partition coefficient (Wildman–Crippen LogP) is 1.99. The molecule has 0 bridgehead atoms. The first-order chi connectivity index (χ1) is 5.70.